The van der Waals surface area contributed by atoms with Crippen LogP contribution in [0.3, 0.4) is 0 Å². The van der Waals surface area contributed by atoms with Crippen LogP contribution in [0, 0.1) is 11.8 Å². The second kappa shape index (κ2) is 7.65. The third-order valence-corrected chi connectivity index (χ3v) is 3.61. The highest BCUT2D eigenvalue weighted by atomic mass is 16.1. The van der Waals surface area contributed by atoms with E-state index in [-0.39, 0.29) is 5.92 Å². The van der Waals surface area contributed by atoms with E-state index in [1.165, 1.54) is 50.5 Å². The molecule has 0 saturated carbocycles. The van der Waals surface area contributed by atoms with Gasteiger partial charge in [-0.1, -0.05) is 57.1 Å². The Labute approximate surface area is 100 Å². The van der Waals surface area contributed by atoms with Gasteiger partial charge in [0.15, 0.2) is 0 Å². The van der Waals surface area contributed by atoms with Crippen molar-refractivity contribution >= 4 is 6.29 Å². The summed E-state index contributed by atoms with van der Waals surface area (Å²) in [5.74, 6) is 0.969. The van der Waals surface area contributed by atoms with Gasteiger partial charge in [-0.15, -0.1) is 0 Å². The first-order valence-corrected chi connectivity index (χ1v) is 6.88. The molecule has 0 spiro atoms. The number of carbonyl (C=O) groups excluding carboxylic acids is 1. The quantitative estimate of drug-likeness (QED) is 0.352. The largest absolute Gasteiger partial charge is 0.303 e. The van der Waals surface area contributed by atoms with Crippen LogP contribution in [0.2, 0.25) is 0 Å². The molecule has 0 heterocycles. The number of unbranched alkanes of at least 4 members (excludes halogenated alkanes) is 4. The summed E-state index contributed by atoms with van der Waals surface area (Å²) in [7, 11) is 0. The van der Waals surface area contributed by atoms with Crippen molar-refractivity contribution in [3.63, 3.8) is 0 Å². The molecule has 0 amide bonds. The van der Waals surface area contributed by atoms with Gasteiger partial charge in [0, 0.05) is 5.92 Å². The number of hydrogen-bond donors (Lipinski definition) is 0. The zero-order valence-electron chi connectivity index (χ0n) is 10.9. The molecule has 1 aliphatic carbocycles. The number of carbonyl (C=O) groups is 1. The van der Waals surface area contributed by atoms with Gasteiger partial charge in [-0.3, -0.25) is 0 Å². The summed E-state index contributed by atoms with van der Waals surface area (Å²) in [4.78, 5) is 10.8. The van der Waals surface area contributed by atoms with Crippen molar-refractivity contribution in [3.8, 4) is 0 Å². The van der Waals surface area contributed by atoms with Crippen molar-refractivity contribution in [2.75, 3.05) is 0 Å². The average Bonchev–Trinajstić information content (AvgIpc) is 2.28. The zero-order valence-corrected chi connectivity index (χ0v) is 10.9. The Balaban J connectivity index is 2.18. The Morgan fingerprint density at radius 1 is 1.31 bits per heavy atom. The summed E-state index contributed by atoms with van der Waals surface area (Å²) in [6, 6.07) is 0. The minimum atomic E-state index is 0.203. The molecule has 1 heteroatoms. The Hall–Kier alpha value is -0.590. The first-order chi connectivity index (χ1) is 7.76. The maximum Gasteiger partial charge on any atom is 0.126 e. The Bertz CT molecular complexity index is 230. The maximum absolute atomic E-state index is 10.8. The van der Waals surface area contributed by atoms with Gasteiger partial charge in [-0.25, -0.2) is 0 Å². The highest BCUT2D eigenvalue weighted by Gasteiger charge is 2.19. The average molecular weight is 222 g/mol. The van der Waals surface area contributed by atoms with E-state index in [0.29, 0.717) is 0 Å². The van der Waals surface area contributed by atoms with Crippen LogP contribution in [0.25, 0.3) is 0 Å². The molecule has 16 heavy (non-hydrogen) atoms. The van der Waals surface area contributed by atoms with Gasteiger partial charge in [-0.05, 0) is 25.7 Å². The van der Waals surface area contributed by atoms with Crippen molar-refractivity contribution in [2.24, 2.45) is 11.8 Å². The molecule has 92 valence electrons. The molecule has 0 N–H and O–H groups in total. The maximum atomic E-state index is 10.8. The monoisotopic (exact) mass is 222 g/mol. The summed E-state index contributed by atoms with van der Waals surface area (Å²) in [6.07, 6.45) is 13.7. The first kappa shape index (κ1) is 13.5. The molecular weight excluding hydrogens is 196 g/mol. The lowest BCUT2D eigenvalue weighted by Gasteiger charge is -2.24. The Morgan fingerprint density at radius 2 is 2.06 bits per heavy atom. The number of allylic oxidation sites excluding steroid dienone is 2. The predicted molar refractivity (Wildman–Crippen MR) is 69.4 cm³/mol. The Morgan fingerprint density at radius 3 is 2.75 bits per heavy atom. The highest BCUT2D eigenvalue weighted by Crippen LogP contribution is 2.30. The highest BCUT2D eigenvalue weighted by molar-refractivity contribution is 5.57. The van der Waals surface area contributed by atoms with E-state index in [9.17, 15) is 4.79 Å². The predicted octanol–water partition coefficient (Wildman–Crippen LogP) is 4.52. The molecular formula is C15H26O. The van der Waals surface area contributed by atoms with Gasteiger partial charge in [0.2, 0.25) is 0 Å². The van der Waals surface area contributed by atoms with Gasteiger partial charge < -0.3 is 4.79 Å². The number of rotatable bonds is 7. The van der Waals surface area contributed by atoms with Crippen molar-refractivity contribution in [3.05, 3.63) is 11.6 Å². The Kier molecular flexibility index (Phi) is 6.44. The van der Waals surface area contributed by atoms with Crippen LogP contribution in [-0.2, 0) is 4.79 Å². The topological polar surface area (TPSA) is 17.1 Å². The summed E-state index contributed by atoms with van der Waals surface area (Å²) in [5, 5.41) is 0. The molecule has 0 aromatic rings. The standard InChI is InChI=1S/C15H26O/c1-3-4-5-6-7-8-14-9-13(2)10-15(11-14)12-16/h10,12,14-15H,3-9,11H2,1-2H3. The lowest BCUT2D eigenvalue weighted by atomic mass is 9.81. The first-order valence-electron chi connectivity index (χ1n) is 6.88. The van der Waals surface area contributed by atoms with Crippen LogP contribution >= 0.6 is 0 Å². The SMILES string of the molecule is CCCCCCCC1CC(C)=CC(C=O)C1. The second-order valence-electron chi connectivity index (χ2n) is 5.32. The minimum absolute atomic E-state index is 0.203. The van der Waals surface area contributed by atoms with E-state index in [1.54, 1.807) is 0 Å². The molecule has 0 radical (unpaired) electrons. The van der Waals surface area contributed by atoms with Crippen molar-refractivity contribution in [1.82, 2.24) is 0 Å². The van der Waals surface area contributed by atoms with E-state index in [1.807, 2.05) is 0 Å². The second-order valence-corrected chi connectivity index (χ2v) is 5.32. The van der Waals surface area contributed by atoms with Crippen LogP contribution in [-0.4, -0.2) is 6.29 Å². The lowest BCUT2D eigenvalue weighted by Crippen LogP contribution is -2.14. The van der Waals surface area contributed by atoms with E-state index < -0.39 is 0 Å². The molecule has 0 aromatic carbocycles. The van der Waals surface area contributed by atoms with Crippen LogP contribution in [0.5, 0.6) is 0 Å². The van der Waals surface area contributed by atoms with Crippen molar-refractivity contribution in [1.29, 1.82) is 0 Å². The summed E-state index contributed by atoms with van der Waals surface area (Å²) < 4.78 is 0. The molecule has 0 saturated heterocycles. The molecule has 2 unspecified atom stereocenters. The molecule has 0 aliphatic heterocycles. The summed E-state index contributed by atoms with van der Waals surface area (Å²) >= 11 is 0. The molecule has 0 aromatic heterocycles. The normalized spacial score (nSPS) is 25.2. The van der Waals surface area contributed by atoms with Crippen molar-refractivity contribution in [2.45, 2.75) is 65.2 Å². The van der Waals surface area contributed by atoms with E-state index >= 15 is 0 Å². The molecule has 1 rings (SSSR count). The number of hydrogen-bond acceptors (Lipinski definition) is 1. The van der Waals surface area contributed by atoms with Gasteiger partial charge >= 0.3 is 0 Å². The third kappa shape index (κ3) is 4.96. The minimum Gasteiger partial charge on any atom is -0.303 e. The van der Waals surface area contributed by atoms with Crippen molar-refractivity contribution < 1.29 is 4.79 Å². The summed E-state index contributed by atoms with van der Waals surface area (Å²) in [5.41, 5.74) is 1.42. The number of aldehydes is 1. The summed E-state index contributed by atoms with van der Waals surface area (Å²) in [6.45, 7) is 4.42. The molecule has 1 aliphatic rings. The fourth-order valence-corrected chi connectivity index (χ4v) is 2.78. The molecule has 0 fully saturated rings. The van der Waals surface area contributed by atoms with Gasteiger partial charge in [0.25, 0.3) is 0 Å². The van der Waals surface area contributed by atoms with Gasteiger partial charge in [-0.2, -0.15) is 0 Å². The molecule has 2 atom stereocenters. The van der Waals surface area contributed by atoms with Crippen LogP contribution in [0.15, 0.2) is 11.6 Å². The fourth-order valence-electron chi connectivity index (χ4n) is 2.78. The fraction of sp³-hybridized carbons (Fsp3) is 0.800. The third-order valence-electron chi connectivity index (χ3n) is 3.61. The van der Waals surface area contributed by atoms with Gasteiger partial charge in [0.1, 0.15) is 6.29 Å². The smallest absolute Gasteiger partial charge is 0.126 e. The van der Waals surface area contributed by atoms with Crippen LogP contribution < -0.4 is 0 Å². The zero-order chi connectivity index (χ0) is 11.8. The molecule has 1 nitrogen and oxygen atoms in total. The van der Waals surface area contributed by atoms with E-state index in [0.717, 1.165) is 18.6 Å². The van der Waals surface area contributed by atoms with Crippen LogP contribution in [0.1, 0.15) is 65.2 Å². The molecule has 0 bridgehead atoms. The van der Waals surface area contributed by atoms with E-state index in [2.05, 4.69) is 19.9 Å². The lowest BCUT2D eigenvalue weighted by molar-refractivity contribution is -0.110. The van der Waals surface area contributed by atoms with Gasteiger partial charge in [0.05, 0.1) is 0 Å². The van der Waals surface area contributed by atoms with E-state index in [4.69, 9.17) is 0 Å². The van der Waals surface area contributed by atoms with Crippen LogP contribution in [0.4, 0.5) is 0 Å².